The summed E-state index contributed by atoms with van der Waals surface area (Å²) in [5.74, 6) is 0. The van der Waals surface area contributed by atoms with Gasteiger partial charge in [-0.2, -0.15) is 0 Å². The number of nitrogens with zero attached hydrogens (tertiary/aromatic N) is 2. The van der Waals surface area contributed by atoms with E-state index in [4.69, 9.17) is 9.84 Å². The molecule has 2 aromatic carbocycles. The molecular formula is C22H31N3O2S. The number of nitrogens with one attached hydrogen (secondary N) is 1. The molecule has 3 rings (SSSR count). The number of rotatable bonds is 10. The molecule has 5 nitrogen and oxygen atoms in total. The van der Waals surface area contributed by atoms with E-state index in [9.17, 15) is 0 Å². The fourth-order valence-corrected chi connectivity index (χ4v) is 4.46. The summed E-state index contributed by atoms with van der Waals surface area (Å²) in [6.45, 7) is 7.46. The van der Waals surface area contributed by atoms with Gasteiger partial charge in [0.2, 0.25) is 0 Å². The average Bonchev–Trinajstić information content (AvgIpc) is 2.74. The van der Waals surface area contributed by atoms with Gasteiger partial charge in [0, 0.05) is 61.8 Å². The van der Waals surface area contributed by atoms with Gasteiger partial charge in [0.25, 0.3) is 0 Å². The van der Waals surface area contributed by atoms with Gasteiger partial charge < -0.3 is 15.2 Å². The molecular weight excluding hydrogens is 370 g/mol. The molecule has 0 atom stereocenters. The van der Waals surface area contributed by atoms with Crippen LogP contribution in [0.5, 0.6) is 0 Å². The number of anilines is 1. The van der Waals surface area contributed by atoms with Gasteiger partial charge in [-0.15, -0.1) is 0 Å². The number of aliphatic hydroxyl groups excluding tert-OH is 1. The Balaban J connectivity index is 1.54. The third kappa shape index (κ3) is 6.22. The standard InChI is InChI=1S/C22H31N3O2S/c1-23-20-7-3-5-9-22(20)28-21-8-4-2-6-19(21)18-25-12-10-24(11-13-25)14-16-27-17-15-26/h2-9,23,26H,10-18H2,1H3. The molecule has 28 heavy (non-hydrogen) atoms. The minimum Gasteiger partial charge on any atom is -0.394 e. The van der Waals surface area contributed by atoms with E-state index in [1.54, 1.807) is 0 Å². The first kappa shape index (κ1) is 21.1. The van der Waals surface area contributed by atoms with Crippen molar-refractivity contribution in [3.05, 3.63) is 54.1 Å². The number of hydrogen-bond donors (Lipinski definition) is 2. The summed E-state index contributed by atoms with van der Waals surface area (Å²) in [6, 6.07) is 17.2. The highest BCUT2D eigenvalue weighted by molar-refractivity contribution is 7.99. The lowest BCUT2D eigenvalue weighted by Crippen LogP contribution is -2.46. The topological polar surface area (TPSA) is 48.0 Å². The van der Waals surface area contributed by atoms with E-state index in [2.05, 4.69) is 63.6 Å². The summed E-state index contributed by atoms with van der Waals surface area (Å²) in [4.78, 5) is 7.56. The van der Waals surface area contributed by atoms with Gasteiger partial charge in [0.05, 0.1) is 19.8 Å². The number of ether oxygens (including phenoxy) is 1. The van der Waals surface area contributed by atoms with Crippen molar-refractivity contribution in [1.82, 2.24) is 9.80 Å². The van der Waals surface area contributed by atoms with Crippen molar-refractivity contribution in [1.29, 1.82) is 0 Å². The van der Waals surface area contributed by atoms with Gasteiger partial charge in [-0.05, 0) is 23.8 Å². The molecule has 0 spiro atoms. The van der Waals surface area contributed by atoms with Crippen LogP contribution < -0.4 is 5.32 Å². The lowest BCUT2D eigenvalue weighted by atomic mass is 10.2. The minimum atomic E-state index is 0.101. The molecule has 1 heterocycles. The predicted octanol–water partition coefficient (Wildman–Crippen LogP) is 3.01. The molecule has 2 N–H and O–H groups in total. The molecule has 1 saturated heterocycles. The van der Waals surface area contributed by atoms with Crippen molar-refractivity contribution in [2.24, 2.45) is 0 Å². The molecule has 0 amide bonds. The first-order chi connectivity index (χ1) is 13.8. The zero-order valence-corrected chi connectivity index (χ0v) is 17.5. The van der Waals surface area contributed by atoms with Gasteiger partial charge in [-0.3, -0.25) is 9.80 Å². The lowest BCUT2D eigenvalue weighted by Gasteiger charge is -2.34. The Morgan fingerprint density at radius 1 is 0.929 bits per heavy atom. The summed E-state index contributed by atoms with van der Waals surface area (Å²) in [5.41, 5.74) is 2.55. The normalized spacial score (nSPS) is 15.6. The molecule has 6 heteroatoms. The Kier molecular flexibility index (Phi) is 8.64. The molecule has 0 unspecified atom stereocenters. The molecule has 0 aliphatic carbocycles. The first-order valence-corrected chi connectivity index (χ1v) is 10.8. The first-order valence-electron chi connectivity index (χ1n) is 9.96. The van der Waals surface area contributed by atoms with Crippen LogP contribution in [0.3, 0.4) is 0 Å². The van der Waals surface area contributed by atoms with E-state index in [1.807, 2.05) is 18.8 Å². The van der Waals surface area contributed by atoms with E-state index in [1.165, 1.54) is 21.0 Å². The smallest absolute Gasteiger partial charge is 0.0698 e. The van der Waals surface area contributed by atoms with Crippen molar-refractivity contribution in [3.63, 3.8) is 0 Å². The highest BCUT2D eigenvalue weighted by Crippen LogP contribution is 2.35. The number of hydrogen-bond acceptors (Lipinski definition) is 6. The quantitative estimate of drug-likeness (QED) is 0.597. The molecule has 0 bridgehead atoms. The molecule has 2 aromatic rings. The van der Waals surface area contributed by atoms with Crippen molar-refractivity contribution >= 4 is 17.4 Å². The zero-order chi connectivity index (χ0) is 19.6. The van der Waals surface area contributed by atoms with Crippen LogP contribution in [-0.2, 0) is 11.3 Å². The number of para-hydroxylation sites is 1. The van der Waals surface area contributed by atoms with Crippen molar-refractivity contribution in [2.75, 3.05) is 64.9 Å². The van der Waals surface area contributed by atoms with Crippen LogP contribution in [0.25, 0.3) is 0 Å². The summed E-state index contributed by atoms with van der Waals surface area (Å²) in [5, 5.41) is 12.1. The summed E-state index contributed by atoms with van der Waals surface area (Å²) in [6.07, 6.45) is 0. The number of piperazine rings is 1. The monoisotopic (exact) mass is 401 g/mol. The predicted molar refractivity (Wildman–Crippen MR) is 116 cm³/mol. The Bertz CT molecular complexity index is 720. The van der Waals surface area contributed by atoms with Crippen molar-refractivity contribution in [3.8, 4) is 0 Å². The van der Waals surface area contributed by atoms with Crippen LogP contribution in [0.15, 0.2) is 58.3 Å². The van der Waals surface area contributed by atoms with Gasteiger partial charge in [-0.1, -0.05) is 42.1 Å². The summed E-state index contributed by atoms with van der Waals surface area (Å²) >= 11 is 1.83. The maximum atomic E-state index is 8.77. The Labute approximate surface area is 172 Å². The van der Waals surface area contributed by atoms with Gasteiger partial charge in [-0.25, -0.2) is 0 Å². The second-order valence-electron chi connectivity index (χ2n) is 6.91. The molecule has 1 fully saturated rings. The van der Waals surface area contributed by atoms with Crippen LogP contribution in [0, 0.1) is 0 Å². The molecule has 0 saturated carbocycles. The van der Waals surface area contributed by atoms with E-state index < -0.39 is 0 Å². The molecule has 1 aliphatic rings. The van der Waals surface area contributed by atoms with Crippen LogP contribution >= 0.6 is 11.8 Å². The van der Waals surface area contributed by atoms with E-state index in [0.717, 1.165) is 39.3 Å². The van der Waals surface area contributed by atoms with E-state index in [-0.39, 0.29) is 6.61 Å². The third-order valence-electron chi connectivity index (χ3n) is 5.00. The second kappa shape index (κ2) is 11.4. The van der Waals surface area contributed by atoms with Crippen LogP contribution in [-0.4, -0.2) is 74.5 Å². The van der Waals surface area contributed by atoms with Gasteiger partial charge in [0.15, 0.2) is 0 Å². The van der Waals surface area contributed by atoms with Crippen molar-refractivity contribution < 1.29 is 9.84 Å². The highest BCUT2D eigenvalue weighted by Gasteiger charge is 2.18. The van der Waals surface area contributed by atoms with Gasteiger partial charge in [0.1, 0.15) is 0 Å². The average molecular weight is 402 g/mol. The van der Waals surface area contributed by atoms with E-state index in [0.29, 0.717) is 13.2 Å². The summed E-state index contributed by atoms with van der Waals surface area (Å²) in [7, 11) is 1.97. The fraction of sp³-hybridized carbons (Fsp3) is 0.455. The summed E-state index contributed by atoms with van der Waals surface area (Å²) < 4.78 is 5.39. The SMILES string of the molecule is CNc1ccccc1Sc1ccccc1CN1CCN(CCOCCO)CC1. The maximum absolute atomic E-state index is 8.77. The fourth-order valence-electron chi connectivity index (χ4n) is 3.39. The van der Waals surface area contributed by atoms with Crippen LogP contribution in [0.2, 0.25) is 0 Å². The minimum absolute atomic E-state index is 0.101. The zero-order valence-electron chi connectivity index (χ0n) is 16.6. The van der Waals surface area contributed by atoms with Crippen molar-refractivity contribution in [2.45, 2.75) is 16.3 Å². The lowest BCUT2D eigenvalue weighted by molar-refractivity contribution is 0.0562. The third-order valence-corrected chi connectivity index (χ3v) is 6.19. The van der Waals surface area contributed by atoms with E-state index >= 15 is 0 Å². The molecule has 0 radical (unpaired) electrons. The Hall–Kier alpha value is -1.57. The number of aliphatic hydroxyl groups is 1. The van der Waals surface area contributed by atoms with Gasteiger partial charge >= 0.3 is 0 Å². The van der Waals surface area contributed by atoms with Crippen LogP contribution in [0.4, 0.5) is 5.69 Å². The molecule has 0 aromatic heterocycles. The number of benzene rings is 2. The second-order valence-corrected chi connectivity index (χ2v) is 7.99. The Morgan fingerprint density at radius 2 is 1.61 bits per heavy atom. The molecule has 152 valence electrons. The van der Waals surface area contributed by atoms with Crippen LogP contribution in [0.1, 0.15) is 5.56 Å². The largest absolute Gasteiger partial charge is 0.394 e. The molecule has 1 aliphatic heterocycles. The maximum Gasteiger partial charge on any atom is 0.0698 e. The Morgan fingerprint density at radius 3 is 2.36 bits per heavy atom. The highest BCUT2D eigenvalue weighted by atomic mass is 32.2.